The molecule has 0 aromatic rings. The fourth-order valence-corrected chi connectivity index (χ4v) is 3.34. The Labute approximate surface area is 84.7 Å². The highest BCUT2D eigenvalue weighted by Crippen LogP contribution is 2.25. The maximum atomic E-state index is 9.58. The van der Waals surface area contributed by atoms with E-state index in [9.17, 15) is 5.11 Å². The van der Waals surface area contributed by atoms with Crippen LogP contribution in [0.15, 0.2) is 0 Å². The maximum Gasteiger partial charge on any atom is 0.0555 e. The third-order valence-electron chi connectivity index (χ3n) is 3.18. The van der Waals surface area contributed by atoms with E-state index in [1.54, 1.807) is 0 Å². The highest BCUT2D eigenvalue weighted by atomic mass is 32.2. The Morgan fingerprint density at radius 1 is 1.15 bits per heavy atom. The van der Waals surface area contributed by atoms with Crippen molar-refractivity contribution in [2.75, 3.05) is 24.6 Å². The van der Waals surface area contributed by atoms with Crippen LogP contribution in [0.25, 0.3) is 0 Å². The molecule has 2 unspecified atom stereocenters. The van der Waals surface area contributed by atoms with Gasteiger partial charge >= 0.3 is 0 Å². The van der Waals surface area contributed by atoms with Crippen LogP contribution in [0.5, 0.6) is 0 Å². The molecule has 1 aliphatic carbocycles. The summed E-state index contributed by atoms with van der Waals surface area (Å²) in [6.07, 6.45) is 4.55. The van der Waals surface area contributed by atoms with Gasteiger partial charge in [-0.05, 0) is 25.7 Å². The Morgan fingerprint density at radius 2 is 1.92 bits per heavy atom. The molecule has 1 saturated carbocycles. The Balaban J connectivity index is 1.83. The summed E-state index contributed by atoms with van der Waals surface area (Å²) >= 11 is 2.06. The van der Waals surface area contributed by atoms with Crippen LogP contribution in [0.1, 0.15) is 25.7 Å². The number of thioether (sulfide) groups is 1. The highest BCUT2D eigenvalue weighted by Gasteiger charge is 2.26. The lowest BCUT2D eigenvalue weighted by Crippen LogP contribution is -2.44. The highest BCUT2D eigenvalue weighted by molar-refractivity contribution is 7.99. The monoisotopic (exact) mass is 201 g/mol. The molecule has 1 N–H and O–H groups in total. The van der Waals surface area contributed by atoms with Crippen molar-refractivity contribution in [2.45, 2.75) is 37.8 Å². The van der Waals surface area contributed by atoms with Gasteiger partial charge in [0.05, 0.1) is 6.10 Å². The van der Waals surface area contributed by atoms with Crippen LogP contribution in [0.4, 0.5) is 0 Å². The predicted octanol–water partition coefficient (Wildman–Crippen LogP) is 1.34. The first kappa shape index (κ1) is 9.81. The molecule has 2 nitrogen and oxygen atoms in total. The van der Waals surface area contributed by atoms with Gasteiger partial charge in [-0.15, -0.1) is 0 Å². The lowest BCUT2D eigenvalue weighted by atomic mass is 9.92. The fourth-order valence-electron chi connectivity index (χ4n) is 2.41. The standard InChI is InChI=1S/C10H19NOS/c12-10-3-1-2-9(8-10)11-4-6-13-7-5-11/h9-10,12H,1-8H2. The van der Waals surface area contributed by atoms with Crippen LogP contribution in [-0.2, 0) is 0 Å². The topological polar surface area (TPSA) is 23.5 Å². The number of aliphatic hydroxyl groups excluding tert-OH is 1. The summed E-state index contributed by atoms with van der Waals surface area (Å²) < 4.78 is 0. The molecule has 2 atom stereocenters. The van der Waals surface area contributed by atoms with E-state index in [1.807, 2.05) is 0 Å². The number of rotatable bonds is 1. The SMILES string of the molecule is OC1CCCC(N2CCSCC2)C1. The molecular weight excluding hydrogens is 182 g/mol. The molecule has 2 fully saturated rings. The van der Waals surface area contributed by atoms with Crippen molar-refractivity contribution in [3.05, 3.63) is 0 Å². The van der Waals surface area contributed by atoms with E-state index in [0.29, 0.717) is 6.04 Å². The third kappa shape index (κ3) is 2.61. The zero-order chi connectivity index (χ0) is 9.10. The Kier molecular flexibility index (Phi) is 3.52. The lowest BCUT2D eigenvalue weighted by molar-refractivity contribution is 0.0663. The van der Waals surface area contributed by atoms with Gasteiger partial charge in [0, 0.05) is 30.6 Å². The van der Waals surface area contributed by atoms with Crippen molar-refractivity contribution in [1.29, 1.82) is 0 Å². The first-order chi connectivity index (χ1) is 6.36. The summed E-state index contributed by atoms with van der Waals surface area (Å²) in [4.78, 5) is 2.58. The minimum atomic E-state index is -0.0201. The first-order valence-corrected chi connectivity index (χ1v) is 6.51. The number of hydrogen-bond acceptors (Lipinski definition) is 3. The lowest BCUT2D eigenvalue weighted by Gasteiger charge is -2.38. The molecule has 0 aromatic heterocycles. The van der Waals surface area contributed by atoms with Gasteiger partial charge in [-0.25, -0.2) is 0 Å². The predicted molar refractivity (Wildman–Crippen MR) is 57.2 cm³/mol. The van der Waals surface area contributed by atoms with E-state index in [2.05, 4.69) is 16.7 Å². The van der Waals surface area contributed by atoms with Gasteiger partial charge in [-0.2, -0.15) is 11.8 Å². The molecule has 1 saturated heterocycles. The fraction of sp³-hybridized carbons (Fsp3) is 1.00. The van der Waals surface area contributed by atoms with Crippen molar-refractivity contribution in [1.82, 2.24) is 4.90 Å². The number of hydrogen-bond donors (Lipinski definition) is 1. The van der Waals surface area contributed by atoms with Crippen molar-refractivity contribution in [3.8, 4) is 0 Å². The summed E-state index contributed by atoms with van der Waals surface area (Å²) in [7, 11) is 0. The van der Waals surface area contributed by atoms with Crippen molar-refractivity contribution < 1.29 is 5.11 Å². The smallest absolute Gasteiger partial charge is 0.0555 e. The van der Waals surface area contributed by atoms with Crippen LogP contribution < -0.4 is 0 Å². The molecule has 1 heterocycles. The van der Waals surface area contributed by atoms with Crippen molar-refractivity contribution in [2.24, 2.45) is 0 Å². The van der Waals surface area contributed by atoms with Gasteiger partial charge in [0.15, 0.2) is 0 Å². The number of nitrogens with zero attached hydrogens (tertiary/aromatic N) is 1. The zero-order valence-corrected chi connectivity index (χ0v) is 8.93. The normalized spacial score (nSPS) is 37.6. The van der Waals surface area contributed by atoms with E-state index < -0.39 is 0 Å². The van der Waals surface area contributed by atoms with Crippen LogP contribution >= 0.6 is 11.8 Å². The van der Waals surface area contributed by atoms with E-state index >= 15 is 0 Å². The van der Waals surface area contributed by atoms with Crippen LogP contribution in [0.3, 0.4) is 0 Å². The molecule has 13 heavy (non-hydrogen) atoms. The molecule has 0 bridgehead atoms. The Hall–Kier alpha value is 0.270. The molecule has 2 aliphatic rings. The molecule has 76 valence electrons. The molecule has 0 radical (unpaired) electrons. The molecule has 1 aliphatic heterocycles. The second-order valence-electron chi connectivity index (χ2n) is 4.12. The summed E-state index contributed by atoms with van der Waals surface area (Å²) in [5, 5.41) is 9.58. The number of aliphatic hydroxyl groups is 1. The molecule has 0 spiro atoms. The molecule has 3 heteroatoms. The van der Waals surface area contributed by atoms with Gasteiger partial charge in [0.25, 0.3) is 0 Å². The van der Waals surface area contributed by atoms with Crippen molar-refractivity contribution in [3.63, 3.8) is 0 Å². The average Bonchev–Trinajstić information content (AvgIpc) is 2.19. The van der Waals surface area contributed by atoms with Gasteiger partial charge in [-0.3, -0.25) is 4.90 Å². The second kappa shape index (κ2) is 4.67. The maximum absolute atomic E-state index is 9.58. The molecule has 0 aromatic carbocycles. The average molecular weight is 201 g/mol. The first-order valence-electron chi connectivity index (χ1n) is 5.36. The van der Waals surface area contributed by atoms with E-state index in [1.165, 1.54) is 37.4 Å². The van der Waals surface area contributed by atoms with E-state index in [4.69, 9.17) is 0 Å². The minimum absolute atomic E-state index is 0.0201. The van der Waals surface area contributed by atoms with Gasteiger partial charge < -0.3 is 5.11 Å². The Morgan fingerprint density at radius 3 is 2.62 bits per heavy atom. The van der Waals surface area contributed by atoms with Gasteiger partial charge in [0.1, 0.15) is 0 Å². The quantitative estimate of drug-likeness (QED) is 0.692. The summed E-state index contributed by atoms with van der Waals surface area (Å²) in [6, 6.07) is 0.685. The summed E-state index contributed by atoms with van der Waals surface area (Å²) in [5.41, 5.74) is 0. The van der Waals surface area contributed by atoms with Crippen LogP contribution in [-0.4, -0.2) is 46.7 Å². The summed E-state index contributed by atoms with van der Waals surface area (Å²) in [5.74, 6) is 2.57. The van der Waals surface area contributed by atoms with E-state index in [-0.39, 0.29) is 6.10 Å². The minimum Gasteiger partial charge on any atom is -0.393 e. The second-order valence-corrected chi connectivity index (χ2v) is 5.35. The largest absolute Gasteiger partial charge is 0.393 e. The van der Waals surface area contributed by atoms with Gasteiger partial charge in [-0.1, -0.05) is 0 Å². The zero-order valence-electron chi connectivity index (χ0n) is 8.11. The third-order valence-corrected chi connectivity index (χ3v) is 4.12. The molecular formula is C10H19NOS. The molecule has 2 rings (SSSR count). The van der Waals surface area contributed by atoms with E-state index in [0.717, 1.165) is 12.8 Å². The van der Waals surface area contributed by atoms with Crippen LogP contribution in [0, 0.1) is 0 Å². The summed E-state index contributed by atoms with van der Waals surface area (Å²) in [6.45, 7) is 2.48. The molecule has 0 amide bonds. The van der Waals surface area contributed by atoms with Gasteiger partial charge in [0.2, 0.25) is 0 Å². The van der Waals surface area contributed by atoms with Crippen LogP contribution in [0.2, 0.25) is 0 Å². The Bertz CT molecular complexity index is 159. The van der Waals surface area contributed by atoms with Crippen molar-refractivity contribution >= 4 is 11.8 Å².